The van der Waals surface area contributed by atoms with Gasteiger partial charge in [-0.3, -0.25) is 4.39 Å². The van der Waals surface area contributed by atoms with Crippen LogP contribution in [-0.2, 0) is 0 Å². The van der Waals surface area contributed by atoms with Gasteiger partial charge in [-0.05, 0) is 12.5 Å². The third-order valence-electron chi connectivity index (χ3n) is 1.44. The summed E-state index contributed by atoms with van der Waals surface area (Å²) < 4.78 is 11.8. The fraction of sp³-hybridized carbons (Fsp3) is 1.00. The Balaban J connectivity index is 3.35. The minimum absolute atomic E-state index is 0.0648. The van der Waals surface area contributed by atoms with Crippen LogP contribution in [0.1, 0.15) is 13.8 Å². The van der Waals surface area contributed by atoms with Crippen molar-refractivity contribution in [2.45, 2.75) is 13.8 Å². The van der Waals surface area contributed by atoms with Gasteiger partial charge in [0.2, 0.25) is 0 Å². The van der Waals surface area contributed by atoms with Crippen molar-refractivity contribution >= 4 is 0 Å². The van der Waals surface area contributed by atoms with E-state index in [2.05, 4.69) is 0 Å². The molecule has 1 atom stereocenters. The minimum Gasteiger partial charge on any atom is -0.330 e. The molecule has 0 rings (SSSR count). The summed E-state index contributed by atoms with van der Waals surface area (Å²) in [5.41, 5.74) is 5.24. The van der Waals surface area contributed by atoms with Crippen LogP contribution >= 0.6 is 0 Å². The molecule has 0 fully saturated rings. The second-order valence-electron chi connectivity index (χ2n) is 2.39. The first kappa shape index (κ1) is 7.89. The van der Waals surface area contributed by atoms with Crippen molar-refractivity contribution in [3.63, 3.8) is 0 Å². The maximum Gasteiger partial charge on any atom is 0.0937 e. The monoisotopic (exact) mass is 119 g/mol. The lowest BCUT2D eigenvalue weighted by atomic mass is 9.98. The van der Waals surface area contributed by atoms with E-state index in [1.165, 1.54) is 0 Å². The van der Waals surface area contributed by atoms with Gasteiger partial charge in [0.1, 0.15) is 0 Å². The lowest BCUT2D eigenvalue weighted by molar-refractivity contribution is 0.296. The summed E-state index contributed by atoms with van der Waals surface area (Å²) >= 11 is 0. The highest BCUT2D eigenvalue weighted by Crippen LogP contribution is 2.08. The van der Waals surface area contributed by atoms with Crippen LogP contribution in [0.4, 0.5) is 4.39 Å². The Morgan fingerprint density at radius 3 is 2.00 bits per heavy atom. The van der Waals surface area contributed by atoms with Crippen LogP contribution in [0, 0.1) is 11.8 Å². The van der Waals surface area contributed by atoms with Gasteiger partial charge in [0, 0.05) is 5.92 Å². The number of nitrogens with two attached hydrogens (primary N) is 1. The van der Waals surface area contributed by atoms with Crippen LogP contribution in [0.25, 0.3) is 0 Å². The molecular formula is C6H14FN. The molecular weight excluding hydrogens is 105 g/mol. The Hall–Kier alpha value is -0.110. The summed E-state index contributed by atoms with van der Waals surface area (Å²) in [6, 6.07) is 0. The molecule has 8 heavy (non-hydrogen) atoms. The first-order valence-electron chi connectivity index (χ1n) is 2.98. The number of alkyl halides is 1. The van der Waals surface area contributed by atoms with E-state index < -0.39 is 0 Å². The average Bonchev–Trinajstić information content (AvgIpc) is 1.69. The van der Waals surface area contributed by atoms with Crippen molar-refractivity contribution in [3.05, 3.63) is 0 Å². The topological polar surface area (TPSA) is 26.0 Å². The molecule has 0 aromatic rings. The summed E-state index contributed by atoms with van der Waals surface area (Å²) in [6.45, 7) is 4.15. The zero-order chi connectivity index (χ0) is 6.57. The molecule has 0 aromatic heterocycles. The molecule has 2 N–H and O–H groups in total. The molecule has 0 bridgehead atoms. The summed E-state index contributed by atoms with van der Waals surface area (Å²) in [6.07, 6.45) is 0. The van der Waals surface area contributed by atoms with Crippen molar-refractivity contribution in [2.24, 2.45) is 17.6 Å². The summed E-state index contributed by atoms with van der Waals surface area (Å²) in [5, 5.41) is 0. The fourth-order valence-corrected chi connectivity index (χ4v) is 0.513. The largest absolute Gasteiger partial charge is 0.330 e. The maximum atomic E-state index is 11.8. The molecule has 0 radical (unpaired) electrons. The summed E-state index contributed by atoms with van der Waals surface area (Å²) in [4.78, 5) is 0. The van der Waals surface area contributed by atoms with E-state index in [0.717, 1.165) is 0 Å². The van der Waals surface area contributed by atoms with Crippen LogP contribution in [0.15, 0.2) is 0 Å². The van der Waals surface area contributed by atoms with Crippen molar-refractivity contribution in [1.29, 1.82) is 0 Å². The van der Waals surface area contributed by atoms with Gasteiger partial charge in [-0.25, -0.2) is 0 Å². The minimum atomic E-state index is -0.284. The van der Waals surface area contributed by atoms with Crippen LogP contribution in [-0.4, -0.2) is 13.2 Å². The Morgan fingerprint density at radius 2 is 2.00 bits per heavy atom. The van der Waals surface area contributed by atoms with Crippen LogP contribution in [0.2, 0.25) is 0 Å². The van der Waals surface area contributed by atoms with E-state index in [-0.39, 0.29) is 12.6 Å². The van der Waals surface area contributed by atoms with Gasteiger partial charge in [0.05, 0.1) is 6.67 Å². The van der Waals surface area contributed by atoms with Crippen molar-refractivity contribution < 1.29 is 4.39 Å². The highest BCUT2D eigenvalue weighted by molar-refractivity contribution is 4.60. The third kappa shape index (κ3) is 2.26. The fourth-order valence-electron chi connectivity index (χ4n) is 0.513. The van der Waals surface area contributed by atoms with E-state index in [4.69, 9.17) is 5.73 Å². The molecule has 0 amide bonds. The number of hydrogen-bond donors (Lipinski definition) is 1. The zero-order valence-corrected chi connectivity index (χ0v) is 5.52. The molecule has 50 valence electrons. The predicted molar refractivity (Wildman–Crippen MR) is 33.4 cm³/mol. The highest BCUT2D eigenvalue weighted by atomic mass is 19.1. The van der Waals surface area contributed by atoms with E-state index in [1.54, 1.807) is 0 Å². The molecule has 0 aromatic carbocycles. The van der Waals surface area contributed by atoms with Gasteiger partial charge in [0.15, 0.2) is 0 Å². The Labute approximate surface area is 50.1 Å². The number of hydrogen-bond acceptors (Lipinski definition) is 1. The van der Waals surface area contributed by atoms with Crippen LogP contribution < -0.4 is 5.73 Å². The molecule has 0 saturated heterocycles. The lowest BCUT2D eigenvalue weighted by Crippen LogP contribution is -2.21. The Morgan fingerprint density at radius 1 is 1.50 bits per heavy atom. The third-order valence-corrected chi connectivity index (χ3v) is 1.44. The standard InChI is InChI=1S/C6H14FN/c1-5(2)6(3-7)4-8/h5-6H,3-4,8H2,1-2H3. The molecule has 0 aliphatic heterocycles. The predicted octanol–water partition coefficient (Wildman–Crippen LogP) is 1.19. The van der Waals surface area contributed by atoms with Gasteiger partial charge in [-0.15, -0.1) is 0 Å². The quantitative estimate of drug-likeness (QED) is 0.593. The maximum absolute atomic E-state index is 11.8. The lowest BCUT2D eigenvalue weighted by Gasteiger charge is -2.12. The van der Waals surface area contributed by atoms with Crippen LogP contribution in [0.3, 0.4) is 0 Å². The van der Waals surface area contributed by atoms with Crippen molar-refractivity contribution in [1.82, 2.24) is 0 Å². The Bertz CT molecular complexity index is 50.5. The molecule has 0 spiro atoms. The molecule has 0 heterocycles. The summed E-state index contributed by atoms with van der Waals surface area (Å²) in [7, 11) is 0. The molecule has 1 nitrogen and oxygen atoms in total. The van der Waals surface area contributed by atoms with Crippen LogP contribution in [0.5, 0.6) is 0 Å². The summed E-state index contributed by atoms with van der Waals surface area (Å²) in [5.74, 6) is 0.444. The first-order chi connectivity index (χ1) is 3.72. The number of rotatable bonds is 3. The molecule has 1 unspecified atom stereocenters. The molecule has 0 aliphatic rings. The zero-order valence-electron chi connectivity index (χ0n) is 5.52. The van der Waals surface area contributed by atoms with E-state index in [9.17, 15) is 4.39 Å². The number of halogens is 1. The van der Waals surface area contributed by atoms with Crippen molar-refractivity contribution in [3.8, 4) is 0 Å². The second-order valence-corrected chi connectivity index (χ2v) is 2.39. The SMILES string of the molecule is CC(C)C(CN)CF. The van der Waals surface area contributed by atoms with E-state index in [0.29, 0.717) is 12.5 Å². The van der Waals surface area contributed by atoms with Crippen molar-refractivity contribution in [2.75, 3.05) is 13.2 Å². The first-order valence-corrected chi connectivity index (χ1v) is 2.98. The van der Waals surface area contributed by atoms with Gasteiger partial charge in [-0.2, -0.15) is 0 Å². The normalized spacial score (nSPS) is 14.6. The van der Waals surface area contributed by atoms with Gasteiger partial charge < -0.3 is 5.73 Å². The van der Waals surface area contributed by atoms with Gasteiger partial charge in [-0.1, -0.05) is 13.8 Å². The second kappa shape index (κ2) is 3.84. The highest BCUT2D eigenvalue weighted by Gasteiger charge is 2.09. The van der Waals surface area contributed by atoms with Gasteiger partial charge >= 0.3 is 0 Å². The van der Waals surface area contributed by atoms with E-state index >= 15 is 0 Å². The average molecular weight is 119 g/mol. The Kier molecular flexibility index (Phi) is 3.79. The van der Waals surface area contributed by atoms with E-state index in [1.807, 2.05) is 13.8 Å². The van der Waals surface area contributed by atoms with Gasteiger partial charge in [0.25, 0.3) is 0 Å². The smallest absolute Gasteiger partial charge is 0.0937 e. The molecule has 0 aliphatic carbocycles. The molecule has 0 saturated carbocycles. The molecule has 2 heteroatoms.